The first-order chi connectivity index (χ1) is 15.1. The van der Waals surface area contributed by atoms with Crippen molar-refractivity contribution in [1.29, 1.82) is 0 Å². The number of aromatic hydroxyl groups is 4. The van der Waals surface area contributed by atoms with Gasteiger partial charge in [-0.3, -0.25) is 4.79 Å². The second kappa shape index (κ2) is 6.69. The van der Waals surface area contributed by atoms with Crippen LogP contribution in [0.3, 0.4) is 0 Å². The van der Waals surface area contributed by atoms with E-state index in [9.17, 15) is 25.2 Å². The van der Waals surface area contributed by atoms with Crippen LogP contribution in [0.25, 0.3) is 33.1 Å². The lowest BCUT2D eigenvalue weighted by Crippen LogP contribution is -2.30. The first-order valence-corrected chi connectivity index (χ1v) is 10.5. The fraction of sp³-hybridized carbons (Fsp3) is 0.320. The highest BCUT2D eigenvalue weighted by Crippen LogP contribution is 2.48. The Balaban J connectivity index is 1.86. The van der Waals surface area contributed by atoms with Crippen LogP contribution in [-0.4, -0.2) is 20.4 Å². The molecule has 0 unspecified atom stereocenters. The first-order valence-electron chi connectivity index (χ1n) is 10.5. The molecule has 7 nitrogen and oxygen atoms in total. The van der Waals surface area contributed by atoms with E-state index in [0.717, 1.165) is 18.9 Å². The lowest BCUT2D eigenvalue weighted by molar-refractivity contribution is 0.213. The van der Waals surface area contributed by atoms with Crippen LogP contribution in [0.15, 0.2) is 43.5 Å². The van der Waals surface area contributed by atoms with Crippen molar-refractivity contribution in [3.05, 3.63) is 45.6 Å². The van der Waals surface area contributed by atoms with Gasteiger partial charge in [0.1, 0.15) is 28.1 Å². The number of rotatable bonds is 2. The zero-order chi connectivity index (χ0) is 22.9. The van der Waals surface area contributed by atoms with Crippen molar-refractivity contribution in [3.8, 4) is 23.0 Å². The number of allylic oxidation sites excluding steroid dienone is 2. The Labute approximate surface area is 182 Å². The molecule has 5 rings (SSSR count). The van der Waals surface area contributed by atoms with Gasteiger partial charge in [-0.15, -0.1) is 0 Å². The molecule has 0 radical (unpaired) electrons. The molecule has 2 heterocycles. The Bertz CT molecular complexity index is 1500. The van der Waals surface area contributed by atoms with Crippen LogP contribution in [0, 0.1) is 11.3 Å². The molecule has 4 aromatic rings. The van der Waals surface area contributed by atoms with Gasteiger partial charge in [-0.1, -0.05) is 25.5 Å². The largest absolute Gasteiger partial charge is 0.508 e. The Morgan fingerprint density at radius 1 is 0.969 bits per heavy atom. The average molecular weight is 436 g/mol. The van der Waals surface area contributed by atoms with Crippen molar-refractivity contribution in [2.24, 2.45) is 11.3 Å². The Hall–Kier alpha value is -3.61. The van der Waals surface area contributed by atoms with Crippen LogP contribution in [0.5, 0.6) is 23.0 Å². The van der Waals surface area contributed by atoms with Crippen molar-refractivity contribution < 1.29 is 29.3 Å². The summed E-state index contributed by atoms with van der Waals surface area (Å²) in [6.07, 6.45) is 4.54. The molecule has 1 atom stereocenters. The van der Waals surface area contributed by atoms with E-state index in [0.29, 0.717) is 17.4 Å². The molecule has 1 aliphatic carbocycles. The smallest absolute Gasteiger partial charge is 0.224 e. The summed E-state index contributed by atoms with van der Waals surface area (Å²) in [5.41, 5.74) is 1.27. The molecule has 0 amide bonds. The zero-order valence-electron chi connectivity index (χ0n) is 18.0. The van der Waals surface area contributed by atoms with Crippen molar-refractivity contribution in [2.75, 3.05) is 0 Å². The van der Waals surface area contributed by atoms with Gasteiger partial charge in [-0.05, 0) is 37.5 Å². The van der Waals surface area contributed by atoms with Gasteiger partial charge in [0.2, 0.25) is 11.0 Å². The second-order valence-corrected chi connectivity index (χ2v) is 9.36. The molecule has 0 spiro atoms. The lowest BCUT2D eigenvalue weighted by Gasteiger charge is -2.38. The number of fused-ring (bicyclic) bond motifs is 4. The maximum absolute atomic E-state index is 12.5. The number of phenols is 3. The van der Waals surface area contributed by atoms with Gasteiger partial charge < -0.3 is 29.3 Å². The Morgan fingerprint density at radius 3 is 2.38 bits per heavy atom. The Kier molecular flexibility index (Phi) is 4.25. The summed E-state index contributed by atoms with van der Waals surface area (Å²) in [5, 5.41) is 42.0. The molecule has 0 fully saturated rings. The molecule has 0 bridgehead atoms. The normalized spacial score (nSPS) is 18.5. The third-order valence-electron chi connectivity index (χ3n) is 6.86. The molecule has 2 aromatic heterocycles. The number of furan rings is 1. The van der Waals surface area contributed by atoms with Crippen LogP contribution in [0.2, 0.25) is 0 Å². The van der Waals surface area contributed by atoms with Gasteiger partial charge in [0, 0.05) is 23.8 Å². The minimum absolute atomic E-state index is 0.0188. The van der Waals surface area contributed by atoms with Gasteiger partial charge in [-0.25, -0.2) is 0 Å². The predicted octanol–water partition coefficient (Wildman–Crippen LogP) is 5.44. The third-order valence-corrected chi connectivity index (χ3v) is 6.86. The van der Waals surface area contributed by atoms with Gasteiger partial charge in [0.15, 0.2) is 17.1 Å². The van der Waals surface area contributed by atoms with E-state index in [1.165, 1.54) is 17.7 Å². The van der Waals surface area contributed by atoms with Gasteiger partial charge in [0.25, 0.3) is 0 Å². The summed E-state index contributed by atoms with van der Waals surface area (Å²) in [6.45, 7) is 6.40. The van der Waals surface area contributed by atoms with Gasteiger partial charge in [-0.2, -0.15) is 0 Å². The van der Waals surface area contributed by atoms with Crippen LogP contribution < -0.4 is 5.43 Å². The minimum Gasteiger partial charge on any atom is -0.508 e. The molecule has 166 valence electrons. The topological polar surface area (TPSA) is 124 Å². The highest BCUT2D eigenvalue weighted by atomic mass is 16.4. The standard InChI is InChI=1S/C25H24O7/c1-11-5-4-6-25(2,3)14(11)9-13-19-18(10-16(28)21(13)29)32-24-22(30)20-15(27)7-12(26)8-17(20)31-23(19)24/h5,7-8,10,14,26-27,29-30H,4,6,9H2,1-3H3/t14-/m1/s1. The van der Waals surface area contributed by atoms with Crippen molar-refractivity contribution in [2.45, 2.75) is 40.0 Å². The summed E-state index contributed by atoms with van der Waals surface area (Å²) in [7, 11) is 0. The zero-order valence-corrected chi connectivity index (χ0v) is 18.0. The third kappa shape index (κ3) is 2.84. The summed E-state index contributed by atoms with van der Waals surface area (Å²) in [4.78, 5) is 12.5. The maximum Gasteiger partial charge on any atom is 0.224 e. The van der Waals surface area contributed by atoms with Crippen LogP contribution in [-0.2, 0) is 6.42 Å². The fourth-order valence-corrected chi connectivity index (χ4v) is 5.10. The summed E-state index contributed by atoms with van der Waals surface area (Å²) >= 11 is 0. The van der Waals surface area contributed by atoms with E-state index in [2.05, 4.69) is 26.8 Å². The van der Waals surface area contributed by atoms with Gasteiger partial charge in [0.05, 0.1) is 5.39 Å². The SMILES string of the molecule is CC1=CCCC(C)(C)[C@@H]1Cc1c(O)c(=O)cc2oc3c(O)c4c(O)cc(O)cc4oc3c12. The highest BCUT2D eigenvalue weighted by molar-refractivity contribution is 6.10. The molecule has 0 aliphatic heterocycles. The molecule has 2 aromatic carbocycles. The minimum atomic E-state index is -0.577. The van der Waals surface area contributed by atoms with E-state index in [1.54, 1.807) is 0 Å². The maximum atomic E-state index is 12.5. The molecule has 4 N–H and O–H groups in total. The summed E-state index contributed by atoms with van der Waals surface area (Å²) < 4.78 is 11.7. The summed E-state index contributed by atoms with van der Waals surface area (Å²) in [6, 6.07) is 3.52. The quantitative estimate of drug-likeness (QED) is 0.308. The van der Waals surface area contributed by atoms with Crippen LogP contribution in [0.1, 0.15) is 39.2 Å². The van der Waals surface area contributed by atoms with E-state index >= 15 is 0 Å². The van der Waals surface area contributed by atoms with E-state index in [4.69, 9.17) is 8.83 Å². The highest BCUT2D eigenvalue weighted by Gasteiger charge is 2.35. The van der Waals surface area contributed by atoms with Crippen LogP contribution in [0.4, 0.5) is 0 Å². The molecule has 0 saturated carbocycles. The molecule has 1 aliphatic rings. The fourth-order valence-electron chi connectivity index (χ4n) is 5.10. The molecule has 0 saturated heterocycles. The number of phenolic OH excluding ortho intramolecular Hbond substituents is 3. The second-order valence-electron chi connectivity index (χ2n) is 9.36. The monoisotopic (exact) mass is 436 g/mol. The van der Waals surface area contributed by atoms with E-state index in [-0.39, 0.29) is 62.0 Å². The van der Waals surface area contributed by atoms with Crippen molar-refractivity contribution in [1.82, 2.24) is 0 Å². The van der Waals surface area contributed by atoms with Crippen molar-refractivity contribution >= 4 is 33.1 Å². The Morgan fingerprint density at radius 2 is 1.66 bits per heavy atom. The van der Waals surface area contributed by atoms with Gasteiger partial charge >= 0.3 is 0 Å². The van der Waals surface area contributed by atoms with E-state index in [1.807, 2.05) is 0 Å². The predicted molar refractivity (Wildman–Crippen MR) is 120 cm³/mol. The molecule has 7 heteroatoms. The number of hydrogen-bond donors (Lipinski definition) is 4. The van der Waals surface area contributed by atoms with Crippen molar-refractivity contribution in [3.63, 3.8) is 0 Å². The number of benzene rings is 2. The lowest BCUT2D eigenvalue weighted by atomic mass is 9.66. The van der Waals surface area contributed by atoms with Crippen LogP contribution >= 0.6 is 0 Å². The molecular formula is C25H24O7. The molecular weight excluding hydrogens is 412 g/mol. The number of hydrogen-bond acceptors (Lipinski definition) is 7. The average Bonchev–Trinajstić information content (AvgIpc) is 3.05. The first kappa shape index (κ1) is 20.3. The molecule has 32 heavy (non-hydrogen) atoms. The van der Waals surface area contributed by atoms with E-state index < -0.39 is 5.43 Å². The summed E-state index contributed by atoms with van der Waals surface area (Å²) in [5.74, 6) is -1.27.